The first-order valence-electron chi connectivity index (χ1n) is 7.70. The third-order valence-corrected chi connectivity index (χ3v) is 6.39. The first-order valence-corrected chi connectivity index (χ1v) is 10.3. The van der Waals surface area contributed by atoms with E-state index in [1.165, 1.54) is 37.4 Å². The predicted molar refractivity (Wildman–Crippen MR) is 106 cm³/mol. The van der Waals surface area contributed by atoms with Gasteiger partial charge in [0.2, 0.25) is 0 Å². The highest BCUT2D eigenvalue weighted by Gasteiger charge is 2.29. The van der Waals surface area contributed by atoms with Crippen LogP contribution in [-0.4, -0.2) is 33.1 Å². The lowest BCUT2D eigenvalue weighted by atomic mass is 10.2. The molecule has 1 N–H and O–H groups in total. The Balaban J connectivity index is 2.60. The highest BCUT2D eigenvalue weighted by atomic mass is 35.5. The van der Waals surface area contributed by atoms with Gasteiger partial charge in [-0.2, -0.15) is 0 Å². The van der Waals surface area contributed by atoms with Crippen LogP contribution in [-0.2, 0) is 14.8 Å². The van der Waals surface area contributed by atoms with Gasteiger partial charge in [-0.05, 0) is 42.8 Å². The second-order valence-corrected chi connectivity index (χ2v) is 8.58. The SMILES string of the molecule is COc1ccc(Cl)cc1N(CCCC(=O)O)S(=O)(=O)c1cc(Cl)ccc1Cl. The third-order valence-electron chi connectivity index (χ3n) is 3.62. The molecule has 0 heterocycles. The summed E-state index contributed by atoms with van der Waals surface area (Å²) in [6.45, 7) is -0.117. The molecule has 0 aliphatic heterocycles. The Hall–Kier alpha value is -1.67. The molecule has 146 valence electrons. The second-order valence-electron chi connectivity index (χ2n) is 5.47. The third kappa shape index (κ3) is 5.19. The maximum Gasteiger partial charge on any atom is 0.303 e. The van der Waals surface area contributed by atoms with Crippen molar-refractivity contribution < 1.29 is 23.1 Å². The van der Waals surface area contributed by atoms with E-state index in [0.29, 0.717) is 5.02 Å². The molecule has 0 fully saturated rings. The number of anilines is 1. The molecule has 2 aromatic carbocycles. The zero-order valence-electron chi connectivity index (χ0n) is 14.2. The summed E-state index contributed by atoms with van der Waals surface area (Å²) in [7, 11) is -2.78. The fourth-order valence-corrected chi connectivity index (χ4v) is 4.81. The molecule has 0 saturated heterocycles. The van der Waals surface area contributed by atoms with Gasteiger partial charge in [0.15, 0.2) is 0 Å². The summed E-state index contributed by atoms with van der Waals surface area (Å²) < 4.78 is 32.9. The van der Waals surface area contributed by atoms with E-state index in [0.717, 1.165) is 4.31 Å². The van der Waals surface area contributed by atoms with Crippen molar-refractivity contribution in [2.24, 2.45) is 0 Å². The summed E-state index contributed by atoms with van der Waals surface area (Å²) in [6, 6.07) is 8.59. The average molecular weight is 453 g/mol. The second kappa shape index (κ2) is 9.01. The van der Waals surface area contributed by atoms with Gasteiger partial charge in [0, 0.05) is 23.0 Å². The molecule has 2 aromatic rings. The number of carboxylic acid groups (broad SMARTS) is 1. The van der Waals surface area contributed by atoms with Crippen LogP contribution in [0.25, 0.3) is 0 Å². The molecule has 6 nitrogen and oxygen atoms in total. The Bertz CT molecular complexity index is 950. The number of ether oxygens (including phenoxy) is 1. The van der Waals surface area contributed by atoms with Crippen LogP contribution in [0.4, 0.5) is 5.69 Å². The van der Waals surface area contributed by atoms with E-state index in [1.54, 1.807) is 6.07 Å². The lowest BCUT2D eigenvalue weighted by Crippen LogP contribution is -2.33. The maximum atomic E-state index is 13.3. The van der Waals surface area contributed by atoms with Gasteiger partial charge >= 0.3 is 5.97 Å². The number of carbonyl (C=O) groups is 1. The molecule has 10 heteroatoms. The highest BCUT2D eigenvalue weighted by Crippen LogP contribution is 2.37. The number of methoxy groups -OCH3 is 1. The number of carboxylic acids is 1. The van der Waals surface area contributed by atoms with Crippen LogP contribution in [0.3, 0.4) is 0 Å². The number of rotatable bonds is 8. The van der Waals surface area contributed by atoms with Crippen LogP contribution >= 0.6 is 34.8 Å². The van der Waals surface area contributed by atoms with Crippen molar-refractivity contribution in [3.63, 3.8) is 0 Å². The molecular formula is C17H16Cl3NO5S. The lowest BCUT2D eigenvalue weighted by molar-refractivity contribution is -0.137. The monoisotopic (exact) mass is 451 g/mol. The minimum Gasteiger partial charge on any atom is -0.495 e. The van der Waals surface area contributed by atoms with Crippen LogP contribution in [0, 0.1) is 0 Å². The molecule has 0 aromatic heterocycles. The number of hydrogen-bond donors (Lipinski definition) is 1. The zero-order valence-corrected chi connectivity index (χ0v) is 17.2. The van der Waals surface area contributed by atoms with Gasteiger partial charge in [-0.1, -0.05) is 34.8 Å². The van der Waals surface area contributed by atoms with E-state index in [-0.39, 0.29) is 45.8 Å². The minimum absolute atomic E-state index is 0.0105. The molecule has 2 rings (SSSR count). The summed E-state index contributed by atoms with van der Waals surface area (Å²) >= 11 is 18.1. The van der Waals surface area contributed by atoms with E-state index in [1.807, 2.05) is 0 Å². The summed E-state index contributed by atoms with van der Waals surface area (Å²) in [5, 5.41) is 9.37. The van der Waals surface area contributed by atoms with Crippen molar-refractivity contribution in [2.75, 3.05) is 18.0 Å². The van der Waals surface area contributed by atoms with Crippen molar-refractivity contribution in [3.8, 4) is 5.75 Å². The minimum atomic E-state index is -4.17. The summed E-state index contributed by atoms with van der Waals surface area (Å²) in [5.74, 6) is -0.775. The summed E-state index contributed by atoms with van der Waals surface area (Å²) in [4.78, 5) is 10.7. The van der Waals surface area contributed by atoms with Crippen molar-refractivity contribution in [2.45, 2.75) is 17.7 Å². The van der Waals surface area contributed by atoms with E-state index in [2.05, 4.69) is 0 Å². The molecule has 0 spiro atoms. The molecule has 0 radical (unpaired) electrons. The van der Waals surface area contributed by atoms with Crippen molar-refractivity contribution in [3.05, 3.63) is 51.5 Å². The smallest absolute Gasteiger partial charge is 0.303 e. The molecule has 0 unspecified atom stereocenters. The Morgan fingerprint density at radius 2 is 1.74 bits per heavy atom. The van der Waals surface area contributed by atoms with Gasteiger partial charge in [0.1, 0.15) is 10.6 Å². The van der Waals surface area contributed by atoms with Crippen molar-refractivity contribution in [1.29, 1.82) is 0 Å². The molecule has 0 atom stereocenters. The first kappa shape index (κ1) is 21.6. The van der Waals surface area contributed by atoms with Gasteiger partial charge in [0.05, 0.1) is 17.8 Å². The number of hydrogen-bond acceptors (Lipinski definition) is 4. The Morgan fingerprint density at radius 1 is 1.11 bits per heavy atom. The normalized spacial score (nSPS) is 11.3. The summed E-state index contributed by atoms with van der Waals surface area (Å²) in [5.41, 5.74) is 0.173. The van der Waals surface area contributed by atoms with Crippen molar-refractivity contribution >= 4 is 56.5 Å². The molecule has 0 aliphatic rings. The Kier molecular flexibility index (Phi) is 7.22. The van der Waals surface area contributed by atoms with E-state index in [9.17, 15) is 13.2 Å². The maximum absolute atomic E-state index is 13.3. The number of aliphatic carboxylic acids is 1. The number of sulfonamides is 1. The lowest BCUT2D eigenvalue weighted by Gasteiger charge is -2.26. The van der Waals surface area contributed by atoms with E-state index in [4.69, 9.17) is 44.6 Å². The number of nitrogens with zero attached hydrogens (tertiary/aromatic N) is 1. The highest BCUT2D eigenvalue weighted by molar-refractivity contribution is 7.93. The molecule has 0 amide bonds. The fraction of sp³-hybridized carbons (Fsp3) is 0.235. The van der Waals surface area contributed by atoms with Crippen LogP contribution in [0.1, 0.15) is 12.8 Å². The molecule has 27 heavy (non-hydrogen) atoms. The fourth-order valence-electron chi connectivity index (χ4n) is 2.40. The largest absolute Gasteiger partial charge is 0.495 e. The Morgan fingerprint density at radius 3 is 2.37 bits per heavy atom. The standard InChI is InChI=1S/C17H16Cl3NO5S/c1-26-15-7-5-11(18)9-14(15)21(8-2-3-17(22)23)27(24,25)16-10-12(19)4-6-13(16)20/h4-7,9-10H,2-3,8H2,1H3,(H,22,23). The molecule has 0 bridgehead atoms. The van der Waals surface area contributed by atoms with Crippen LogP contribution < -0.4 is 9.04 Å². The van der Waals surface area contributed by atoms with Gasteiger partial charge in [-0.25, -0.2) is 8.42 Å². The average Bonchev–Trinajstić information content (AvgIpc) is 2.60. The molecule has 0 saturated carbocycles. The predicted octanol–water partition coefficient (Wildman–Crippen LogP) is 4.72. The zero-order chi connectivity index (χ0) is 20.2. The number of halogens is 3. The molecule has 0 aliphatic carbocycles. The number of benzene rings is 2. The van der Waals surface area contributed by atoms with Gasteiger partial charge < -0.3 is 9.84 Å². The summed E-state index contributed by atoms with van der Waals surface area (Å²) in [6.07, 6.45) is -0.138. The molecular weight excluding hydrogens is 437 g/mol. The Labute approximate surface area is 172 Å². The quantitative estimate of drug-likeness (QED) is 0.627. The van der Waals surface area contributed by atoms with Gasteiger partial charge in [0.25, 0.3) is 10.0 Å². The van der Waals surface area contributed by atoms with Crippen LogP contribution in [0.5, 0.6) is 5.75 Å². The first-order chi connectivity index (χ1) is 12.7. The van der Waals surface area contributed by atoms with E-state index < -0.39 is 16.0 Å². The van der Waals surface area contributed by atoms with E-state index >= 15 is 0 Å². The van der Waals surface area contributed by atoms with Crippen LogP contribution in [0.2, 0.25) is 15.1 Å². The topological polar surface area (TPSA) is 83.9 Å². The van der Waals surface area contributed by atoms with Gasteiger partial charge in [-0.3, -0.25) is 9.10 Å². The van der Waals surface area contributed by atoms with Crippen LogP contribution in [0.15, 0.2) is 41.3 Å². The van der Waals surface area contributed by atoms with Gasteiger partial charge in [-0.15, -0.1) is 0 Å². The van der Waals surface area contributed by atoms with Crippen molar-refractivity contribution in [1.82, 2.24) is 0 Å².